The van der Waals surface area contributed by atoms with Crippen molar-refractivity contribution < 1.29 is 4.42 Å². The summed E-state index contributed by atoms with van der Waals surface area (Å²) < 4.78 is 5.94. The molecule has 0 saturated heterocycles. The van der Waals surface area contributed by atoms with E-state index in [-0.39, 0.29) is 0 Å². The number of oxazole rings is 1. The number of benzene rings is 1. The van der Waals surface area contributed by atoms with Gasteiger partial charge in [0.25, 0.3) is 5.22 Å². The van der Waals surface area contributed by atoms with E-state index in [1.807, 2.05) is 24.3 Å². The smallest absolute Gasteiger partial charge is 0.256 e. The second kappa shape index (κ2) is 5.27. The Morgan fingerprint density at radius 1 is 1.53 bits per heavy atom. The van der Waals surface area contributed by atoms with E-state index in [1.165, 1.54) is 0 Å². The van der Waals surface area contributed by atoms with E-state index in [0.29, 0.717) is 3.92 Å². The zero-order valence-electron chi connectivity index (χ0n) is 7.72. The van der Waals surface area contributed by atoms with Gasteiger partial charge in [-0.1, -0.05) is 58.7 Å². The third-order valence-electron chi connectivity index (χ3n) is 1.79. The topological polar surface area (TPSA) is 26.0 Å². The molecule has 0 amide bonds. The first kappa shape index (κ1) is 11.3. The molecule has 0 aliphatic rings. The number of hydrogen-bond acceptors (Lipinski definition) is 4. The molecule has 0 aliphatic heterocycles. The van der Waals surface area contributed by atoms with Crippen LogP contribution in [0.15, 0.2) is 33.9 Å². The molecular formula is C10H8INOS2. The van der Waals surface area contributed by atoms with Crippen LogP contribution in [0.5, 0.6) is 0 Å². The Balaban J connectivity index is 2.12. The molecule has 0 spiro atoms. The monoisotopic (exact) mass is 349 g/mol. The molecule has 15 heavy (non-hydrogen) atoms. The molecule has 2 rings (SSSR count). The van der Waals surface area contributed by atoms with Crippen molar-refractivity contribution in [2.24, 2.45) is 0 Å². The molecule has 1 aromatic carbocycles. The van der Waals surface area contributed by atoms with Crippen LogP contribution in [0.25, 0.3) is 11.1 Å². The molecule has 0 fully saturated rings. The zero-order valence-corrected chi connectivity index (χ0v) is 11.5. The van der Waals surface area contributed by atoms with Crippen LogP contribution in [0.4, 0.5) is 0 Å². The van der Waals surface area contributed by atoms with Gasteiger partial charge in [0.2, 0.25) is 0 Å². The maximum Gasteiger partial charge on any atom is 0.256 e. The van der Waals surface area contributed by atoms with Crippen LogP contribution in [0.2, 0.25) is 0 Å². The minimum atomic E-state index is 0.373. The Morgan fingerprint density at radius 3 is 3.07 bits per heavy atom. The highest BCUT2D eigenvalue weighted by Crippen LogP contribution is 2.24. The van der Waals surface area contributed by atoms with Gasteiger partial charge in [0.05, 0.1) is 0 Å². The molecule has 0 radical (unpaired) electrons. The van der Waals surface area contributed by atoms with Gasteiger partial charge in [0, 0.05) is 9.68 Å². The number of hydrogen-bond donors (Lipinski definition) is 0. The highest BCUT2D eigenvalue weighted by atomic mass is 127. The maximum absolute atomic E-state index is 5.56. The van der Waals surface area contributed by atoms with Crippen molar-refractivity contribution in [1.82, 2.24) is 4.98 Å². The van der Waals surface area contributed by atoms with Crippen LogP contribution in [-0.4, -0.2) is 20.0 Å². The summed E-state index contributed by atoms with van der Waals surface area (Å²) in [6, 6.07) is 7.77. The maximum atomic E-state index is 5.56. The summed E-state index contributed by atoms with van der Waals surface area (Å²) in [5, 5.41) is 2.48. The largest absolute Gasteiger partial charge is 0.431 e. The van der Waals surface area contributed by atoms with Crippen LogP contribution < -0.4 is 0 Å². The lowest BCUT2D eigenvalue weighted by atomic mass is 10.3. The first-order valence-electron chi connectivity index (χ1n) is 4.37. The number of para-hydroxylation sites is 2. The Labute approximate surface area is 111 Å². The molecule has 0 aliphatic carbocycles. The summed E-state index contributed by atoms with van der Waals surface area (Å²) in [7, 11) is 0. The van der Waals surface area contributed by atoms with Gasteiger partial charge in [-0.05, 0) is 17.5 Å². The highest BCUT2D eigenvalue weighted by Gasteiger charge is 2.07. The fourth-order valence-electron chi connectivity index (χ4n) is 1.10. The molecule has 78 valence electrons. The summed E-state index contributed by atoms with van der Waals surface area (Å²) in [5.74, 6) is 0.900. The molecule has 1 aromatic heterocycles. The van der Waals surface area contributed by atoms with Gasteiger partial charge < -0.3 is 4.42 Å². The average molecular weight is 349 g/mol. The molecule has 1 atom stereocenters. The van der Waals surface area contributed by atoms with E-state index in [4.69, 9.17) is 16.6 Å². The average Bonchev–Trinajstić information content (AvgIpc) is 2.68. The van der Waals surface area contributed by atoms with Crippen LogP contribution in [0.1, 0.15) is 0 Å². The summed E-state index contributed by atoms with van der Waals surface area (Å²) in [6.07, 6.45) is 0. The van der Waals surface area contributed by atoms with Crippen molar-refractivity contribution in [1.29, 1.82) is 0 Å². The van der Waals surface area contributed by atoms with Crippen LogP contribution in [0.3, 0.4) is 0 Å². The molecule has 0 bridgehead atoms. The summed E-state index contributed by atoms with van der Waals surface area (Å²) in [4.78, 5) is 4.36. The predicted molar refractivity (Wildman–Crippen MR) is 76.2 cm³/mol. The molecule has 2 nitrogen and oxygen atoms in total. The van der Waals surface area contributed by atoms with E-state index in [1.54, 1.807) is 17.1 Å². The number of fused-ring (bicyclic) bond motifs is 1. The number of nitrogens with zero attached hydrogens (tertiary/aromatic N) is 1. The standard InChI is InChI=1S/C10H8INOS2/c11-7(5-14)6-15-10-12-8-3-1-2-4-9(8)13-10/h1-5,7H,6H2. The van der Waals surface area contributed by atoms with Gasteiger partial charge in [-0.25, -0.2) is 4.98 Å². The van der Waals surface area contributed by atoms with Gasteiger partial charge >= 0.3 is 0 Å². The van der Waals surface area contributed by atoms with Gasteiger partial charge in [-0.2, -0.15) is 0 Å². The Kier molecular flexibility index (Phi) is 3.99. The number of thioether (sulfide) groups is 1. The van der Waals surface area contributed by atoms with Crippen LogP contribution in [-0.2, 0) is 0 Å². The van der Waals surface area contributed by atoms with Crippen molar-refractivity contribution in [2.75, 3.05) is 5.75 Å². The van der Waals surface area contributed by atoms with Crippen LogP contribution in [0, 0.1) is 0 Å². The minimum Gasteiger partial charge on any atom is -0.431 e. The van der Waals surface area contributed by atoms with Crippen molar-refractivity contribution in [3.05, 3.63) is 24.3 Å². The molecule has 2 aromatic rings. The molecular weight excluding hydrogens is 341 g/mol. The van der Waals surface area contributed by atoms with E-state index in [0.717, 1.165) is 22.1 Å². The Hall–Kier alpha value is -0.140. The van der Waals surface area contributed by atoms with Crippen molar-refractivity contribution >= 4 is 63.0 Å². The van der Waals surface area contributed by atoms with Crippen molar-refractivity contribution in [3.63, 3.8) is 0 Å². The van der Waals surface area contributed by atoms with E-state index >= 15 is 0 Å². The van der Waals surface area contributed by atoms with Crippen LogP contribution >= 0.6 is 46.6 Å². The second-order valence-electron chi connectivity index (χ2n) is 2.91. The van der Waals surface area contributed by atoms with Crippen molar-refractivity contribution in [3.8, 4) is 0 Å². The third-order valence-corrected chi connectivity index (χ3v) is 4.95. The quantitative estimate of drug-likeness (QED) is 0.364. The lowest BCUT2D eigenvalue weighted by Gasteiger charge is -1.97. The SMILES string of the molecule is S=CC(I)CSc1nc2ccccc2o1. The van der Waals surface area contributed by atoms with Crippen molar-refractivity contribution in [2.45, 2.75) is 9.15 Å². The summed E-state index contributed by atoms with van der Waals surface area (Å²) in [6.45, 7) is 0. The van der Waals surface area contributed by atoms with Gasteiger partial charge in [-0.3, -0.25) is 0 Å². The second-order valence-corrected chi connectivity index (χ2v) is 5.75. The van der Waals surface area contributed by atoms with E-state index in [2.05, 4.69) is 27.6 Å². The third kappa shape index (κ3) is 2.92. The number of aromatic nitrogens is 1. The summed E-state index contributed by atoms with van der Waals surface area (Å²) in [5.41, 5.74) is 1.75. The number of rotatable bonds is 4. The van der Waals surface area contributed by atoms with Gasteiger partial charge in [-0.15, -0.1) is 0 Å². The molecule has 5 heteroatoms. The lowest BCUT2D eigenvalue weighted by molar-refractivity contribution is 0.489. The number of thiocarbonyl (C=S) groups is 1. The highest BCUT2D eigenvalue weighted by molar-refractivity contribution is 14.1. The Bertz CT molecular complexity index is 438. The number of alkyl halides is 1. The number of halogens is 1. The Morgan fingerprint density at radius 2 is 2.33 bits per heavy atom. The fourth-order valence-corrected chi connectivity index (χ4v) is 2.57. The van der Waals surface area contributed by atoms with Gasteiger partial charge in [0.1, 0.15) is 5.52 Å². The predicted octanol–water partition coefficient (Wildman–Crippen LogP) is 3.72. The first-order chi connectivity index (χ1) is 7.29. The molecule has 1 heterocycles. The normalized spacial score (nSPS) is 12.9. The molecule has 0 saturated carbocycles. The van der Waals surface area contributed by atoms with E-state index in [9.17, 15) is 0 Å². The molecule has 0 N–H and O–H groups in total. The lowest BCUT2D eigenvalue weighted by Crippen LogP contribution is -1.99. The minimum absolute atomic E-state index is 0.373. The van der Waals surface area contributed by atoms with E-state index < -0.39 is 0 Å². The first-order valence-corrected chi connectivity index (χ1v) is 7.07. The zero-order chi connectivity index (χ0) is 10.7. The fraction of sp³-hybridized carbons (Fsp3) is 0.200. The summed E-state index contributed by atoms with van der Waals surface area (Å²) >= 11 is 8.75. The molecule has 1 unspecified atom stereocenters. The van der Waals surface area contributed by atoms with Gasteiger partial charge in [0.15, 0.2) is 5.58 Å².